The van der Waals surface area contributed by atoms with Crippen molar-refractivity contribution in [3.8, 4) is 17.1 Å². The zero-order valence-corrected chi connectivity index (χ0v) is 23.1. The number of nitrogens with zero attached hydrogens (tertiary/aromatic N) is 2. The molecule has 0 bridgehead atoms. The van der Waals surface area contributed by atoms with E-state index in [4.69, 9.17) is 9.26 Å². The van der Waals surface area contributed by atoms with Crippen LogP contribution < -0.4 is 15.4 Å². The minimum absolute atomic E-state index is 0.0161. The molecule has 3 N–H and O–H groups in total. The van der Waals surface area contributed by atoms with Crippen molar-refractivity contribution in [2.24, 2.45) is 0 Å². The van der Waals surface area contributed by atoms with E-state index in [9.17, 15) is 18.7 Å². The highest BCUT2D eigenvalue weighted by Gasteiger charge is 2.23. The number of ether oxygens (including phenoxy) is 1. The quantitative estimate of drug-likeness (QED) is 0.208. The lowest BCUT2D eigenvalue weighted by atomic mass is 10.00. The third-order valence-electron chi connectivity index (χ3n) is 6.65. The Kier molecular flexibility index (Phi) is 10.5. The molecule has 0 saturated heterocycles. The van der Waals surface area contributed by atoms with Gasteiger partial charge < -0.3 is 25.0 Å². The number of amides is 1. The van der Waals surface area contributed by atoms with E-state index in [-0.39, 0.29) is 37.6 Å². The number of rotatable bonds is 14. The smallest absolute Gasteiger partial charge is 0.227 e. The van der Waals surface area contributed by atoms with Crippen LogP contribution in [0.15, 0.2) is 71.3 Å². The van der Waals surface area contributed by atoms with Crippen molar-refractivity contribution in [2.75, 3.05) is 13.7 Å². The lowest BCUT2D eigenvalue weighted by Crippen LogP contribution is -2.48. The monoisotopic (exact) mass is 564 g/mol. The Morgan fingerprint density at radius 1 is 1.02 bits per heavy atom. The molecular weight excluding hydrogens is 530 g/mol. The van der Waals surface area contributed by atoms with Gasteiger partial charge in [0.1, 0.15) is 17.4 Å². The first-order chi connectivity index (χ1) is 19.8. The van der Waals surface area contributed by atoms with Crippen LogP contribution in [0, 0.1) is 11.6 Å². The average molecular weight is 565 g/mol. The molecule has 4 aromatic rings. The fourth-order valence-electron chi connectivity index (χ4n) is 4.45. The zero-order chi connectivity index (χ0) is 29.2. The van der Waals surface area contributed by atoms with Gasteiger partial charge in [0.15, 0.2) is 0 Å². The molecule has 8 nitrogen and oxygen atoms in total. The first-order valence-electron chi connectivity index (χ1n) is 13.5. The predicted octanol–water partition coefficient (Wildman–Crippen LogP) is 4.40. The number of hydrogen-bond acceptors (Lipinski definition) is 7. The number of halogens is 2. The van der Waals surface area contributed by atoms with Gasteiger partial charge in [-0.25, -0.2) is 8.78 Å². The second-order valence-electron chi connectivity index (χ2n) is 9.77. The van der Waals surface area contributed by atoms with Gasteiger partial charge in [-0.05, 0) is 65.9 Å². The number of carbonyl (C=O) groups is 1. The lowest BCUT2D eigenvalue weighted by molar-refractivity contribution is -0.122. The van der Waals surface area contributed by atoms with E-state index in [0.29, 0.717) is 23.7 Å². The largest absolute Gasteiger partial charge is 0.497 e. The number of aliphatic hydroxyl groups is 1. The van der Waals surface area contributed by atoms with Crippen molar-refractivity contribution in [1.29, 1.82) is 0 Å². The van der Waals surface area contributed by atoms with E-state index >= 15 is 0 Å². The first-order valence-corrected chi connectivity index (χ1v) is 13.5. The molecule has 0 aliphatic rings. The van der Waals surface area contributed by atoms with E-state index in [2.05, 4.69) is 39.8 Å². The molecule has 0 saturated carbocycles. The van der Waals surface area contributed by atoms with Crippen molar-refractivity contribution in [1.82, 2.24) is 20.8 Å². The van der Waals surface area contributed by atoms with Crippen LogP contribution >= 0.6 is 0 Å². The van der Waals surface area contributed by atoms with Crippen molar-refractivity contribution in [2.45, 2.75) is 51.3 Å². The highest BCUT2D eigenvalue weighted by atomic mass is 19.1. The summed E-state index contributed by atoms with van der Waals surface area (Å²) in [6, 6.07) is 17.7. The van der Waals surface area contributed by atoms with E-state index in [1.54, 1.807) is 31.4 Å². The molecule has 1 amide bonds. The maximum absolute atomic E-state index is 13.8. The van der Waals surface area contributed by atoms with Crippen molar-refractivity contribution in [3.63, 3.8) is 0 Å². The minimum atomic E-state index is -1.02. The van der Waals surface area contributed by atoms with Crippen LogP contribution in [-0.4, -0.2) is 47.0 Å². The molecule has 1 aromatic heterocycles. The molecule has 4 rings (SSSR count). The summed E-state index contributed by atoms with van der Waals surface area (Å²) >= 11 is 0. The highest BCUT2D eigenvalue weighted by Crippen LogP contribution is 2.20. The summed E-state index contributed by atoms with van der Waals surface area (Å²) in [6.07, 6.45) is 0.128. The normalized spacial score (nSPS) is 12.6. The Morgan fingerprint density at radius 2 is 1.76 bits per heavy atom. The number of carbonyl (C=O) groups excluding carboxylic acids is 1. The van der Waals surface area contributed by atoms with E-state index < -0.39 is 23.8 Å². The van der Waals surface area contributed by atoms with Gasteiger partial charge in [-0.3, -0.25) is 4.79 Å². The molecule has 0 fully saturated rings. The van der Waals surface area contributed by atoms with Crippen LogP contribution in [0.4, 0.5) is 8.78 Å². The number of aromatic nitrogens is 2. The predicted molar refractivity (Wildman–Crippen MR) is 150 cm³/mol. The maximum Gasteiger partial charge on any atom is 0.227 e. The van der Waals surface area contributed by atoms with Crippen molar-refractivity contribution >= 4 is 5.91 Å². The molecule has 0 spiro atoms. The van der Waals surface area contributed by atoms with Gasteiger partial charge in [0.2, 0.25) is 17.6 Å². The number of aryl methyl sites for hydroxylation is 2. The van der Waals surface area contributed by atoms with Crippen molar-refractivity contribution in [3.05, 3.63) is 101 Å². The van der Waals surface area contributed by atoms with Crippen LogP contribution in [0.1, 0.15) is 35.9 Å². The van der Waals surface area contributed by atoms with E-state index in [0.717, 1.165) is 23.6 Å². The van der Waals surface area contributed by atoms with Crippen LogP contribution in [-0.2, 0) is 30.6 Å². The van der Waals surface area contributed by atoms with E-state index in [1.165, 1.54) is 17.7 Å². The van der Waals surface area contributed by atoms with Gasteiger partial charge >= 0.3 is 0 Å². The Hall–Kier alpha value is -4.15. The fourth-order valence-corrected chi connectivity index (χ4v) is 4.45. The third kappa shape index (κ3) is 8.92. The molecule has 3 aromatic carbocycles. The number of aliphatic hydroxyl groups excluding tert-OH is 1. The Labute approximate surface area is 237 Å². The van der Waals surface area contributed by atoms with Crippen LogP contribution in [0.2, 0.25) is 0 Å². The molecular formula is C31H34F2N4O4. The Bertz CT molecular complexity index is 1410. The molecule has 216 valence electrons. The summed E-state index contributed by atoms with van der Waals surface area (Å²) in [6.45, 7) is 2.76. The van der Waals surface area contributed by atoms with E-state index in [1.807, 2.05) is 12.1 Å². The SMILES string of the molecule is CCc1cccc(CNC[C@H](O)[C@H](Cc2cc(F)cc(F)c2)NC(=O)CCc2nc(-c3ccc(OC)cc3)no2)c1. The number of methoxy groups -OCH3 is 1. The first kappa shape index (κ1) is 29.8. The van der Waals surface area contributed by atoms with Crippen LogP contribution in [0.3, 0.4) is 0 Å². The van der Waals surface area contributed by atoms with Crippen LogP contribution in [0.25, 0.3) is 11.4 Å². The molecule has 41 heavy (non-hydrogen) atoms. The standard InChI is InChI=1S/C31H34F2N4O4/c1-3-20-5-4-6-21(13-20)18-34-19-28(38)27(16-22-14-24(32)17-25(33)15-22)35-29(39)11-12-30-36-31(37-41-30)23-7-9-26(40-2)10-8-23/h4-10,13-15,17,27-28,34,38H,3,11-12,16,18-19H2,1-2H3,(H,35,39)/t27-,28-/m0/s1. The minimum Gasteiger partial charge on any atom is -0.497 e. The second-order valence-corrected chi connectivity index (χ2v) is 9.77. The molecule has 0 aliphatic heterocycles. The molecule has 10 heteroatoms. The highest BCUT2D eigenvalue weighted by molar-refractivity contribution is 5.76. The number of benzene rings is 3. The molecule has 0 radical (unpaired) electrons. The van der Waals surface area contributed by atoms with Gasteiger partial charge in [-0.15, -0.1) is 0 Å². The fraction of sp³-hybridized carbons (Fsp3) is 0.323. The molecule has 2 atom stereocenters. The lowest BCUT2D eigenvalue weighted by Gasteiger charge is -2.25. The summed E-state index contributed by atoms with van der Waals surface area (Å²) in [7, 11) is 1.58. The maximum atomic E-state index is 13.8. The average Bonchev–Trinajstić information content (AvgIpc) is 3.44. The summed E-state index contributed by atoms with van der Waals surface area (Å²) < 4.78 is 38.1. The van der Waals surface area contributed by atoms with Gasteiger partial charge in [-0.1, -0.05) is 36.3 Å². The van der Waals surface area contributed by atoms with Crippen molar-refractivity contribution < 1.29 is 27.9 Å². The molecule has 1 heterocycles. The second kappa shape index (κ2) is 14.5. The number of hydrogen-bond donors (Lipinski definition) is 3. The van der Waals surface area contributed by atoms with Crippen LogP contribution in [0.5, 0.6) is 5.75 Å². The van der Waals surface area contributed by atoms with Gasteiger partial charge in [0.25, 0.3) is 0 Å². The van der Waals surface area contributed by atoms with Gasteiger partial charge in [0, 0.05) is 37.6 Å². The third-order valence-corrected chi connectivity index (χ3v) is 6.65. The topological polar surface area (TPSA) is 110 Å². The Balaban J connectivity index is 1.36. The summed E-state index contributed by atoms with van der Waals surface area (Å²) in [5.41, 5.74) is 3.34. The zero-order valence-electron chi connectivity index (χ0n) is 23.1. The summed E-state index contributed by atoms with van der Waals surface area (Å²) in [5, 5.41) is 21.0. The summed E-state index contributed by atoms with van der Waals surface area (Å²) in [5.74, 6) is -0.445. The molecule has 0 aliphatic carbocycles. The summed E-state index contributed by atoms with van der Waals surface area (Å²) in [4.78, 5) is 17.2. The molecule has 0 unspecified atom stereocenters. The van der Waals surface area contributed by atoms with Gasteiger partial charge in [0.05, 0.1) is 19.3 Å². The van der Waals surface area contributed by atoms with Gasteiger partial charge in [-0.2, -0.15) is 4.98 Å². The number of nitrogens with one attached hydrogen (secondary N) is 2. The Morgan fingerprint density at radius 3 is 2.46 bits per heavy atom.